The number of rotatable bonds is 2. The van der Waals surface area contributed by atoms with E-state index in [-0.39, 0.29) is 55.3 Å². The van der Waals surface area contributed by atoms with Crippen LogP contribution < -0.4 is 26.9 Å². The van der Waals surface area contributed by atoms with Crippen molar-refractivity contribution >= 4 is 40.2 Å². The molecule has 0 aliphatic carbocycles. The van der Waals surface area contributed by atoms with Crippen molar-refractivity contribution in [2.24, 2.45) is 11.6 Å². The topological polar surface area (TPSA) is 153 Å². The number of ether oxygens (including phenoxy) is 1. The van der Waals surface area contributed by atoms with Gasteiger partial charge < -0.3 is 26.0 Å². The van der Waals surface area contributed by atoms with Crippen LogP contribution in [0.4, 0.5) is 38.4 Å². The Morgan fingerprint density at radius 1 is 1.27 bits per heavy atom. The summed E-state index contributed by atoms with van der Waals surface area (Å²) in [5, 5.41) is 0.412. The predicted octanol–water partition coefficient (Wildman–Crippen LogP) is 3.61. The van der Waals surface area contributed by atoms with E-state index in [9.17, 15) is 22.4 Å². The van der Waals surface area contributed by atoms with E-state index in [2.05, 4.69) is 15.0 Å². The van der Waals surface area contributed by atoms with Gasteiger partial charge in [0.15, 0.2) is 23.2 Å². The van der Waals surface area contributed by atoms with Gasteiger partial charge in [0.2, 0.25) is 0 Å². The van der Waals surface area contributed by atoms with Crippen molar-refractivity contribution in [1.82, 2.24) is 24.9 Å². The van der Waals surface area contributed by atoms with E-state index >= 15 is 4.39 Å². The quantitative estimate of drug-likeness (QED) is 0.173. The van der Waals surface area contributed by atoms with Gasteiger partial charge in [-0.05, 0) is 13.0 Å². The number of hydrogen-bond acceptors (Lipinski definition) is 9. The Morgan fingerprint density at radius 3 is 2.68 bits per heavy atom. The molecule has 2 aromatic heterocycles. The van der Waals surface area contributed by atoms with Crippen LogP contribution in [-0.4, -0.2) is 63.2 Å². The van der Waals surface area contributed by atoms with Gasteiger partial charge in [0.1, 0.15) is 17.7 Å². The molecule has 1 aromatic carbocycles. The number of carbonyl (C=O) groups is 1. The number of anilines is 2. The van der Waals surface area contributed by atoms with Crippen molar-refractivity contribution < 1.29 is 31.5 Å². The lowest BCUT2D eigenvalue weighted by Gasteiger charge is -2.44. The zero-order valence-electron chi connectivity index (χ0n) is 21.3. The van der Waals surface area contributed by atoms with Crippen LogP contribution >= 0.6 is 11.6 Å². The highest BCUT2D eigenvalue weighted by atomic mass is 35.5. The van der Waals surface area contributed by atoms with Crippen molar-refractivity contribution in [2.75, 3.05) is 36.9 Å². The van der Waals surface area contributed by atoms with Gasteiger partial charge in [-0.25, -0.2) is 39.4 Å². The van der Waals surface area contributed by atoms with E-state index in [1.807, 2.05) is 4.90 Å². The summed E-state index contributed by atoms with van der Waals surface area (Å²) in [6, 6.07) is -0.706. The van der Waals surface area contributed by atoms with Crippen LogP contribution in [-0.2, 0) is 6.18 Å². The molecular weight excluding hydrogens is 577 g/mol. The second-order valence-electron chi connectivity index (χ2n) is 9.39. The van der Waals surface area contributed by atoms with Crippen molar-refractivity contribution in [3.63, 3.8) is 0 Å². The molecule has 3 aromatic rings. The number of nitrogen functional groups attached to an aromatic ring is 1. The molecule has 6 N–H and O–H groups in total. The maximum Gasteiger partial charge on any atom is 0.418 e. The number of hydrazine groups is 1. The van der Waals surface area contributed by atoms with E-state index in [4.69, 9.17) is 33.6 Å². The highest BCUT2D eigenvalue weighted by Gasteiger charge is 2.40. The summed E-state index contributed by atoms with van der Waals surface area (Å²) in [7, 11) is 0. The third-order valence-corrected chi connectivity index (χ3v) is 7.36. The molecule has 5 rings (SSSR count). The third kappa shape index (κ3) is 4.76. The molecule has 1 atom stereocenters. The van der Waals surface area contributed by atoms with Crippen LogP contribution in [0.5, 0.6) is 5.75 Å². The first-order chi connectivity index (χ1) is 19.3. The SMILES string of the molecule is C/C(=C/N)N(N)C(=O)N1CCN2c3ncnc4c(F)c(-c5nc(N)c(F)cc5C(F)(F)F)c(Cl)c(c34)OCCC2C1. The van der Waals surface area contributed by atoms with Crippen molar-refractivity contribution in [1.29, 1.82) is 0 Å². The first-order valence-corrected chi connectivity index (χ1v) is 12.5. The Morgan fingerprint density at radius 2 is 2.00 bits per heavy atom. The molecule has 4 heterocycles. The molecule has 11 nitrogen and oxygen atoms in total. The fraction of sp³-hybridized carbons (Fsp3) is 0.333. The maximum absolute atomic E-state index is 16.1. The molecule has 1 saturated heterocycles. The van der Waals surface area contributed by atoms with Crippen LogP contribution in [0.2, 0.25) is 5.02 Å². The van der Waals surface area contributed by atoms with Gasteiger partial charge in [-0.1, -0.05) is 11.6 Å². The Kier molecular flexibility index (Phi) is 7.15. The van der Waals surface area contributed by atoms with Gasteiger partial charge in [-0.15, -0.1) is 0 Å². The number of alkyl halides is 3. The van der Waals surface area contributed by atoms with Gasteiger partial charge in [0.05, 0.1) is 45.6 Å². The number of benzene rings is 1. The normalized spacial score (nSPS) is 17.6. The van der Waals surface area contributed by atoms with Crippen LogP contribution in [0, 0.1) is 11.6 Å². The molecule has 2 aliphatic rings. The molecule has 0 saturated carbocycles. The Hall–Kier alpha value is -4.18. The highest BCUT2D eigenvalue weighted by molar-refractivity contribution is 6.36. The van der Waals surface area contributed by atoms with Crippen molar-refractivity contribution in [3.8, 4) is 17.0 Å². The lowest BCUT2D eigenvalue weighted by atomic mass is 10.00. The first-order valence-electron chi connectivity index (χ1n) is 12.2. The van der Waals surface area contributed by atoms with Crippen LogP contribution in [0.25, 0.3) is 22.2 Å². The number of piperazine rings is 1. The smallest absolute Gasteiger partial charge is 0.418 e. The molecule has 0 spiro atoms. The molecule has 1 unspecified atom stereocenters. The van der Waals surface area contributed by atoms with Crippen LogP contribution in [0.3, 0.4) is 0 Å². The standard InChI is InChI=1S/C24H23ClF5N9O2/c1-10(7-31)39(33)23(40)37-3-4-38-11(8-37)2-5-41-20-15-19(34-9-35-22(15)38)17(27)14(16(20)25)18-12(24(28,29)30)6-13(26)21(32)36-18/h6-7,9,11H,2-5,8,31,33H2,1H3,(H2,32,36)/b10-7-. The number of pyridine rings is 1. The van der Waals surface area contributed by atoms with E-state index < -0.39 is 57.0 Å². The number of hydrogen-bond donors (Lipinski definition) is 3. The number of nitrogens with zero attached hydrogens (tertiary/aromatic N) is 6. The first kappa shape index (κ1) is 28.4. The molecule has 0 radical (unpaired) electrons. The number of aromatic nitrogens is 3. The Bertz CT molecular complexity index is 1590. The monoisotopic (exact) mass is 599 g/mol. The van der Waals surface area contributed by atoms with Crippen LogP contribution in [0.1, 0.15) is 18.9 Å². The minimum Gasteiger partial charge on any atom is -0.491 e. The minimum absolute atomic E-state index is 0.0173. The number of urea groups is 1. The van der Waals surface area contributed by atoms with Gasteiger partial charge in [0.25, 0.3) is 0 Å². The summed E-state index contributed by atoms with van der Waals surface area (Å²) in [5.74, 6) is 2.36. The summed E-state index contributed by atoms with van der Waals surface area (Å²) >= 11 is 6.52. The summed E-state index contributed by atoms with van der Waals surface area (Å²) in [6.45, 7) is 2.22. The van der Waals surface area contributed by atoms with Gasteiger partial charge in [-0.2, -0.15) is 13.2 Å². The molecular formula is C24H23ClF5N9O2. The zero-order chi connectivity index (χ0) is 29.8. The summed E-state index contributed by atoms with van der Waals surface area (Å²) in [4.78, 5) is 28.0. The number of carbonyl (C=O) groups excluding carboxylic acids is 1. The zero-order valence-corrected chi connectivity index (χ0v) is 22.1. The number of amides is 2. The fourth-order valence-corrected chi connectivity index (χ4v) is 5.22. The number of halogens is 6. The minimum atomic E-state index is -5.12. The van der Waals surface area contributed by atoms with Crippen molar-refractivity contribution in [3.05, 3.63) is 46.5 Å². The average Bonchev–Trinajstić information content (AvgIpc) is 2.93. The van der Waals surface area contributed by atoms with Crippen LogP contribution in [0.15, 0.2) is 24.3 Å². The molecule has 2 aliphatic heterocycles. The van der Waals surface area contributed by atoms with Gasteiger partial charge >= 0.3 is 12.2 Å². The van der Waals surface area contributed by atoms with E-state index in [0.29, 0.717) is 12.1 Å². The molecule has 41 heavy (non-hydrogen) atoms. The summed E-state index contributed by atoms with van der Waals surface area (Å²) in [5.41, 5.74) is 7.49. The molecule has 2 amide bonds. The maximum atomic E-state index is 16.1. The van der Waals surface area contributed by atoms with Crippen molar-refractivity contribution in [2.45, 2.75) is 25.6 Å². The molecule has 218 valence electrons. The molecule has 1 fully saturated rings. The summed E-state index contributed by atoms with van der Waals surface area (Å²) < 4.78 is 77.6. The average molecular weight is 600 g/mol. The number of fused-ring (bicyclic) bond motifs is 2. The number of nitrogens with two attached hydrogens (primary N) is 3. The Labute approximate surface area is 234 Å². The molecule has 0 bridgehead atoms. The molecule has 17 heteroatoms. The van der Waals surface area contributed by atoms with Gasteiger partial charge in [0, 0.05) is 32.3 Å². The van der Waals surface area contributed by atoms with Gasteiger partial charge in [-0.3, -0.25) is 0 Å². The van der Waals surface area contributed by atoms with E-state index in [1.54, 1.807) is 6.92 Å². The lowest BCUT2D eigenvalue weighted by Crippen LogP contribution is -2.59. The Balaban J connectivity index is 1.64. The highest BCUT2D eigenvalue weighted by Crippen LogP contribution is 2.49. The second-order valence-corrected chi connectivity index (χ2v) is 9.77. The second kappa shape index (κ2) is 10.3. The summed E-state index contributed by atoms with van der Waals surface area (Å²) in [6.07, 6.45) is -2.55. The van der Waals surface area contributed by atoms with E-state index in [1.165, 1.54) is 11.1 Å². The largest absolute Gasteiger partial charge is 0.491 e. The lowest BCUT2D eigenvalue weighted by molar-refractivity contribution is -0.137. The predicted molar refractivity (Wildman–Crippen MR) is 139 cm³/mol. The third-order valence-electron chi connectivity index (χ3n) is 7.00. The fourth-order valence-electron chi connectivity index (χ4n) is 4.90. The number of allylic oxidation sites excluding steroid dienone is 1. The van der Waals surface area contributed by atoms with E-state index in [0.717, 1.165) is 11.3 Å².